The van der Waals surface area contributed by atoms with E-state index in [4.69, 9.17) is 9.47 Å². The number of carboxylic acids is 1. The van der Waals surface area contributed by atoms with Crippen LogP contribution < -0.4 is 20.0 Å². The van der Waals surface area contributed by atoms with E-state index >= 15 is 0 Å². The molecule has 1 aliphatic heterocycles. The van der Waals surface area contributed by atoms with Crippen LogP contribution in [0.15, 0.2) is 16.9 Å². The molecule has 1 aliphatic rings. The number of rotatable bonds is 2. The van der Waals surface area contributed by atoms with Gasteiger partial charge in [-0.25, -0.2) is 0 Å². The molecule has 0 saturated heterocycles. The highest BCUT2D eigenvalue weighted by molar-refractivity contribution is 5.90. The van der Waals surface area contributed by atoms with E-state index in [-0.39, 0.29) is 12.2 Å². The van der Waals surface area contributed by atoms with Crippen LogP contribution in [0, 0.1) is 0 Å². The minimum atomic E-state index is -1.59. The molecule has 98 valence electrons. The second kappa shape index (κ2) is 3.98. The third-order valence-electron chi connectivity index (χ3n) is 2.94. The Labute approximate surface area is 107 Å². The van der Waals surface area contributed by atoms with Crippen molar-refractivity contribution in [3.05, 3.63) is 28.0 Å². The normalized spacial score (nSPS) is 12.9. The summed E-state index contributed by atoms with van der Waals surface area (Å²) in [5.74, 6) is -0.661. The average molecular weight is 261 g/mol. The Hall–Kier alpha value is -2.57. The number of benzene rings is 1. The summed E-state index contributed by atoms with van der Waals surface area (Å²) in [6, 6.07) is 3.09. The van der Waals surface area contributed by atoms with Crippen LogP contribution in [0.25, 0.3) is 10.9 Å². The molecular formula is C12H9N2O5-. The van der Waals surface area contributed by atoms with Gasteiger partial charge in [0.2, 0.25) is 12.2 Å². The first-order valence-corrected chi connectivity index (χ1v) is 5.67. The number of hydrogen-bond donors (Lipinski definition) is 0. The van der Waals surface area contributed by atoms with Gasteiger partial charge in [-0.2, -0.15) is 5.10 Å². The molecule has 19 heavy (non-hydrogen) atoms. The molecule has 0 spiro atoms. The predicted octanol–water partition coefficient (Wildman–Crippen LogP) is -0.491. The number of hydrogen-bond acceptors (Lipinski definition) is 6. The SMILES string of the molecule is CCn1nc(C(=O)[O-])c(=O)c2cc3c(cc21)OCO3. The van der Waals surface area contributed by atoms with Crippen molar-refractivity contribution >= 4 is 16.9 Å². The summed E-state index contributed by atoms with van der Waals surface area (Å²) >= 11 is 0. The maximum absolute atomic E-state index is 12.0. The van der Waals surface area contributed by atoms with Crippen LogP contribution in [0.4, 0.5) is 0 Å². The second-order valence-corrected chi connectivity index (χ2v) is 4.00. The van der Waals surface area contributed by atoms with Crippen molar-refractivity contribution in [2.45, 2.75) is 13.5 Å². The van der Waals surface area contributed by atoms with E-state index in [1.54, 1.807) is 13.0 Å². The third-order valence-corrected chi connectivity index (χ3v) is 2.94. The summed E-state index contributed by atoms with van der Waals surface area (Å²) in [5, 5.41) is 14.9. The van der Waals surface area contributed by atoms with Gasteiger partial charge in [0.1, 0.15) is 0 Å². The Morgan fingerprint density at radius 3 is 2.74 bits per heavy atom. The number of carbonyl (C=O) groups excluding carboxylic acids is 1. The molecule has 1 aromatic heterocycles. The van der Waals surface area contributed by atoms with Gasteiger partial charge in [-0.15, -0.1) is 0 Å². The number of aryl methyl sites for hydroxylation is 1. The molecule has 1 aromatic carbocycles. The monoisotopic (exact) mass is 261 g/mol. The lowest BCUT2D eigenvalue weighted by atomic mass is 10.1. The van der Waals surface area contributed by atoms with Gasteiger partial charge >= 0.3 is 0 Å². The van der Waals surface area contributed by atoms with Gasteiger partial charge in [0.15, 0.2) is 17.2 Å². The quantitative estimate of drug-likeness (QED) is 0.724. The summed E-state index contributed by atoms with van der Waals surface area (Å²) in [5.41, 5.74) is -0.784. The van der Waals surface area contributed by atoms with Crippen LogP contribution in [0.3, 0.4) is 0 Å². The number of fused-ring (bicyclic) bond motifs is 2. The number of ether oxygens (including phenoxy) is 2. The molecular weight excluding hydrogens is 252 g/mol. The van der Waals surface area contributed by atoms with Crippen molar-refractivity contribution in [3.8, 4) is 11.5 Å². The van der Waals surface area contributed by atoms with Crippen molar-refractivity contribution in [1.29, 1.82) is 0 Å². The molecule has 2 heterocycles. The second-order valence-electron chi connectivity index (χ2n) is 4.00. The smallest absolute Gasteiger partial charge is 0.231 e. The summed E-state index contributed by atoms with van der Waals surface area (Å²) in [6.07, 6.45) is 0. The van der Waals surface area contributed by atoms with E-state index in [0.717, 1.165) is 0 Å². The lowest BCUT2D eigenvalue weighted by Gasteiger charge is -2.11. The number of nitrogens with zero attached hydrogens (tertiary/aromatic N) is 2. The van der Waals surface area contributed by atoms with E-state index in [9.17, 15) is 14.7 Å². The molecule has 0 aliphatic carbocycles. The van der Waals surface area contributed by atoms with Crippen LogP contribution in [-0.4, -0.2) is 22.5 Å². The van der Waals surface area contributed by atoms with Gasteiger partial charge in [0.25, 0.3) is 0 Å². The van der Waals surface area contributed by atoms with E-state index < -0.39 is 17.1 Å². The van der Waals surface area contributed by atoms with Gasteiger partial charge < -0.3 is 19.4 Å². The number of carboxylic acid groups (broad SMARTS) is 1. The molecule has 0 radical (unpaired) electrons. The van der Waals surface area contributed by atoms with Crippen molar-refractivity contribution in [2.24, 2.45) is 0 Å². The van der Waals surface area contributed by atoms with Crippen molar-refractivity contribution in [3.63, 3.8) is 0 Å². The number of aromatic nitrogens is 2. The molecule has 7 heteroatoms. The van der Waals surface area contributed by atoms with E-state index in [1.165, 1.54) is 10.7 Å². The van der Waals surface area contributed by atoms with Gasteiger partial charge in [0.05, 0.1) is 16.9 Å². The number of carbonyl (C=O) groups is 1. The zero-order valence-corrected chi connectivity index (χ0v) is 10.0. The van der Waals surface area contributed by atoms with Crippen molar-refractivity contribution in [2.75, 3.05) is 6.79 Å². The first kappa shape index (κ1) is 11.5. The third kappa shape index (κ3) is 1.62. The molecule has 0 atom stereocenters. The van der Waals surface area contributed by atoms with Crippen molar-refractivity contribution < 1.29 is 19.4 Å². The Balaban J connectivity index is 2.43. The van der Waals surface area contributed by atoms with E-state index in [2.05, 4.69) is 5.10 Å². The van der Waals surface area contributed by atoms with Gasteiger partial charge in [-0.3, -0.25) is 9.48 Å². The Kier molecular flexibility index (Phi) is 2.41. The molecule has 2 aromatic rings. The van der Waals surface area contributed by atoms with Crippen LogP contribution in [0.1, 0.15) is 17.4 Å². The average Bonchev–Trinajstić information content (AvgIpc) is 2.84. The maximum atomic E-state index is 12.0. The molecule has 0 amide bonds. The van der Waals surface area contributed by atoms with Crippen LogP contribution in [0.5, 0.6) is 11.5 Å². The first-order valence-electron chi connectivity index (χ1n) is 5.67. The zero-order chi connectivity index (χ0) is 13.6. The molecule has 0 saturated carbocycles. The molecule has 0 N–H and O–H groups in total. The highest BCUT2D eigenvalue weighted by Gasteiger charge is 2.19. The summed E-state index contributed by atoms with van der Waals surface area (Å²) in [7, 11) is 0. The summed E-state index contributed by atoms with van der Waals surface area (Å²) in [6.45, 7) is 2.28. The highest BCUT2D eigenvalue weighted by Crippen LogP contribution is 2.34. The predicted molar refractivity (Wildman–Crippen MR) is 62.1 cm³/mol. The van der Waals surface area contributed by atoms with Crippen molar-refractivity contribution in [1.82, 2.24) is 9.78 Å². The molecule has 0 bridgehead atoms. The van der Waals surface area contributed by atoms with Crippen LogP contribution in [0.2, 0.25) is 0 Å². The first-order chi connectivity index (χ1) is 9.11. The Bertz CT molecular complexity index is 750. The standard InChI is InChI=1S/C12H10N2O5/c1-2-14-7-4-9-8(18-5-19-9)3-6(7)11(15)10(13-14)12(16)17/h3-4H,2,5H2,1H3,(H,16,17)/p-1. The molecule has 3 rings (SSSR count). The summed E-state index contributed by atoms with van der Waals surface area (Å²) < 4.78 is 11.8. The van der Waals surface area contributed by atoms with Crippen LogP contribution in [-0.2, 0) is 6.54 Å². The lowest BCUT2D eigenvalue weighted by Crippen LogP contribution is -2.32. The minimum absolute atomic E-state index is 0.0761. The van der Waals surface area contributed by atoms with Gasteiger partial charge in [-0.1, -0.05) is 0 Å². The number of aromatic carboxylic acids is 1. The Morgan fingerprint density at radius 1 is 1.42 bits per heavy atom. The molecule has 0 fully saturated rings. The lowest BCUT2D eigenvalue weighted by molar-refractivity contribution is -0.255. The molecule has 7 nitrogen and oxygen atoms in total. The highest BCUT2D eigenvalue weighted by atomic mass is 16.7. The topological polar surface area (TPSA) is 93.5 Å². The van der Waals surface area contributed by atoms with Gasteiger partial charge in [-0.05, 0) is 13.0 Å². The largest absolute Gasteiger partial charge is 0.543 e. The van der Waals surface area contributed by atoms with Crippen LogP contribution >= 0.6 is 0 Å². The van der Waals surface area contributed by atoms with E-state index in [1.807, 2.05) is 0 Å². The van der Waals surface area contributed by atoms with E-state index in [0.29, 0.717) is 23.6 Å². The summed E-state index contributed by atoms with van der Waals surface area (Å²) in [4.78, 5) is 23.0. The zero-order valence-electron chi connectivity index (χ0n) is 10.0. The minimum Gasteiger partial charge on any atom is -0.543 e. The fourth-order valence-corrected chi connectivity index (χ4v) is 2.05. The Morgan fingerprint density at radius 2 is 2.11 bits per heavy atom. The van der Waals surface area contributed by atoms with Gasteiger partial charge in [0, 0.05) is 12.6 Å². The maximum Gasteiger partial charge on any atom is 0.231 e. The fraction of sp³-hybridized carbons (Fsp3) is 0.250. The fourth-order valence-electron chi connectivity index (χ4n) is 2.05. The molecule has 0 unspecified atom stereocenters.